The normalized spacial score (nSPS) is 17.5. The lowest BCUT2D eigenvalue weighted by Crippen LogP contribution is -2.61. The molecule has 16 rings (SSSR count). The molecule has 0 N–H and O–H groups in total. The maximum absolute atomic E-state index is 7.23. The van der Waals surface area contributed by atoms with Gasteiger partial charge in [-0.15, -0.1) is 0 Å². The summed E-state index contributed by atoms with van der Waals surface area (Å²) in [7, 11) is 0. The van der Waals surface area contributed by atoms with E-state index in [0.29, 0.717) is 0 Å². The summed E-state index contributed by atoms with van der Waals surface area (Å²) in [6.07, 6.45) is 4.61. The summed E-state index contributed by atoms with van der Waals surface area (Å²) >= 11 is 0. The molecule has 4 heterocycles. The Morgan fingerprint density at radius 1 is 0.377 bits per heavy atom. The van der Waals surface area contributed by atoms with E-state index in [1.807, 2.05) is 0 Å². The topological polar surface area (TPSA) is 32.8 Å². The molecule has 4 nitrogen and oxygen atoms in total. The van der Waals surface area contributed by atoms with Crippen LogP contribution in [0.2, 0.25) is 0 Å². The van der Waals surface area contributed by atoms with E-state index in [2.05, 4.69) is 241 Å². The van der Waals surface area contributed by atoms with Crippen molar-refractivity contribution in [2.45, 2.75) is 103 Å². The minimum Gasteiger partial charge on any atom is -0.456 e. The van der Waals surface area contributed by atoms with Crippen molar-refractivity contribution in [2.24, 2.45) is 0 Å². The highest BCUT2D eigenvalue weighted by Crippen LogP contribution is 2.55. The van der Waals surface area contributed by atoms with Crippen molar-refractivity contribution in [1.29, 1.82) is 0 Å². The monoisotopic (exact) mass is 996 g/mol. The molecule has 0 atom stereocenters. The van der Waals surface area contributed by atoms with Crippen molar-refractivity contribution >= 4 is 112 Å². The average Bonchev–Trinajstić information content (AvgIpc) is 4.14. The molecule has 10 aromatic carbocycles. The van der Waals surface area contributed by atoms with Gasteiger partial charge < -0.3 is 18.5 Å². The van der Waals surface area contributed by atoms with E-state index in [4.69, 9.17) is 8.83 Å². The lowest BCUT2D eigenvalue weighted by atomic mass is 9.43. The minimum atomic E-state index is -0.216. The smallest absolute Gasteiger partial charge is 0.333 e. The quantitative estimate of drug-likeness (QED) is 0.165. The molecule has 2 aliphatic heterocycles. The van der Waals surface area contributed by atoms with Crippen LogP contribution in [0.4, 0.5) is 28.4 Å². The maximum Gasteiger partial charge on any atom is 0.333 e. The second-order valence-corrected chi connectivity index (χ2v) is 25.7. The summed E-state index contributed by atoms with van der Waals surface area (Å²) in [5, 5.41) is 9.53. The van der Waals surface area contributed by atoms with Crippen LogP contribution < -0.4 is 20.6 Å². The van der Waals surface area contributed by atoms with Gasteiger partial charge in [0.1, 0.15) is 22.3 Å². The van der Waals surface area contributed by atoms with Gasteiger partial charge in [-0.3, -0.25) is 0 Å². The number of benzene rings is 10. The third kappa shape index (κ3) is 6.35. The van der Waals surface area contributed by atoms with Gasteiger partial charge in [0.2, 0.25) is 0 Å². The van der Waals surface area contributed by atoms with Crippen molar-refractivity contribution in [3.63, 3.8) is 0 Å². The number of furan rings is 2. The highest BCUT2D eigenvalue weighted by atomic mass is 16.3. The Balaban J connectivity index is 1.02. The molecule has 0 radical (unpaired) electrons. The van der Waals surface area contributed by atoms with Crippen LogP contribution in [0.1, 0.15) is 103 Å². The van der Waals surface area contributed by atoms with E-state index < -0.39 is 0 Å². The fourth-order valence-corrected chi connectivity index (χ4v) is 14.7. The number of anilines is 5. The lowest BCUT2D eigenvalue weighted by molar-refractivity contribution is 0.332. The van der Waals surface area contributed by atoms with Crippen LogP contribution in [-0.2, 0) is 21.7 Å². The Labute approximate surface area is 451 Å². The number of fused-ring (bicyclic) bond motifs is 16. The van der Waals surface area contributed by atoms with Crippen LogP contribution in [0, 0.1) is 0 Å². The molecule has 0 amide bonds. The lowest BCUT2D eigenvalue weighted by Gasteiger charge is -2.46. The molecular weight excluding hydrogens is 936 g/mol. The molecule has 0 spiro atoms. The Kier molecular flexibility index (Phi) is 9.01. The Bertz CT molecular complexity index is 4530. The van der Waals surface area contributed by atoms with Crippen molar-refractivity contribution in [3.05, 3.63) is 198 Å². The van der Waals surface area contributed by atoms with Crippen LogP contribution >= 0.6 is 0 Å². The molecule has 2 aromatic heterocycles. The van der Waals surface area contributed by atoms with Crippen molar-refractivity contribution in [2.75, 3.05) is 9.71 Å². The number of hydrogen-bond acceptors (Lipinski definition) is 4. The van der Waals surface area contributed by atoms with E-state index in [1.54, 1.807) is 0 Å². The number of hydrogen-bond donors (Lipinski definition) is 0. The zero-order valence-electron chi connectivity index (χ0n) is 45.4. The van der Waals surface area contributed by atoms with Gasteiger partial charge in [0.05, 0.1) is 5.69 Å². The first kappa shape index (κ1) is 45.2. The highest BCUT2D eigenvalue weighted by molar-refractivity contribution is 6.94. The summed E-state index contributed by atoms with van der Waals surface area (Å²) in [5.74, 6) is 0. The predicted octanol–water partition coefficient (Wildman–Crippen LogP) is 18.9. The van der Waals surface area contributed by atoms with E-state index in [0.717, 1.165) is 75.8 Å². The Hall–Kier alpha value is -8.02. The summed E-state index contributed by atoms with van der Waals surface area (Å²) < 4.78 is 14.3. The largest absolute Gasteiger partial charge is 0.456 e. The summed E-state index contributed by atoms with van der Waals surface area (Å²) in [6.45, 7) is 19.1. The minimum absolute atomic E-state index is 0.0421. The molecule has 2 aliphatic carbocycles. The average molecular weight is 997 g/mol. The zero-order chi connectivity index (χ0) is 52.1. The third-order valence-corrected chi connectivity index (χ3v) is 19.3. The molecule has 5 heteroatoms. The highest BCUT2D eigenvalue weighted by Gasteiger charge is 2.47. The van der Waals surface area contributed by atoms with Gasteiger partial charge in [-0.2, -0.15) is 0 Å². The van der Waals surface area contributed by atoms with Crippen LogP contribution in [0.5, 0.6) is 0 Å². The summed E-state index contributed by atoms with van der Waals surface area (Å²) in [4.78, 5) is 5.24. The van der Waals surface area contributed by atoms with E-state index in [1.165, 1.54) is 99.1 Å². The zero-order valence-corrected chi connectivity index (χ0v) is 45.4. The molecule has 0 unspecified atom stereocenters. The molecule has 77 heavy (non-hydrogen) atoms. The van der Waals surface area contributed by atoms with Gasteiger partial charge in [0, 0.05) is 72.8 Å². The molecule has 0 saturated carbocycles. The van der Waals surface area contributed by atoms with Crippen LogP contribution in [0.15, 0.2) is 185 Å². The molecule has 12 aromatic rings. The van der Waals surface area contributed by atoms with Gasteiger partial charge in [-0.25, -0.2) is 0 Å². The third-order valence-electron chi connectivity index (χ3n) is 19.3. The summed E-state index contributed by atoms with van der Waals surface area (Å²) in [5.41, 5.74) is 22.8. The van der Waals surface area contributed by atoms with Crippen LogP contribution in [0.25, 0.3) is 87.7 Å². The van der Waals surface area contributed by atoms with E-state index in [9.17, 15) is 0 Å². The van der Waals surface area contributed by atoms with Crippen molar-refractivity contribution in [1.82, 2.24) is 0 Å². The fourth-order valence-electron chi connectivity index (χ4n) is 14.7. The van der Waals surface area contributed by atoms with Gasteiger partial charge in [0.25, 0.3) is 0 Å². The number of rotatable bonds is 3. The summed E-state index contributed by atoms with van der Waals surface area (Å²) in [6, 6.07) is 66.8. The van der Waals surface area contributed by atoms with Crippen molar-refractivity contribution in [3.8, 4) is 22.3 Å². The first-order valence-corrected chi connectivity index (χ1v) is 28.0. The van der Waals surface area contributed by atoms with Crippen LogP contribution in [0.3, 0.4) is 0 Å². The van der Waals surface area contributed by atoms with Gasteiger partial charge in [-0.1, -0.05) is 165 Å². The molecular formula is C72H61BN2O2. The maximum atomic E-state index is 7.23. The molecule has 374 valence electrons. The second-order valence-electron chi connectivity index (χ2n) is 25.7. The SMILES string of the molecule is CC1(C)CCC(C)(C)c2cc3c(cc21)oc1cc(N2c4cc5oc6cc7c(cc6c5cc4B4c5c(cc6ccccc6c52)-c2ccc5ccccc5c2N4c2ccc(-c4ccccc4)cc2)C(C)(C)CCC7(C)C)ccc13. The second kappa shape index (κ2) is 15.3. The van der Waals surface area contributed by atoms with Gasteiger partial charge >= 0.3 is 6.85 Å². The van der Waals surface area contributed by atoms with Gasteiger partial charge in [-0.05, 0) is 163 Å². The van der Waals surface area contributed by atoms with E-state index >= 15 is 0 Å². The molecule has 0 fully saturated rings. The molecule has 0 saturated heterocycles. The molecule has 0 bridgehead atoms. The Morgan fingerprint density at radius 3 is 1.53 bits per heavy atom. The Morgan fingerprint density at radius 2 is 0.883 bits per heavy atom. The number of nitrogens with zero attached hydrogens (tertiary/aromatic N) is 2. The first-order valence-electron chi connectivity index (χ1n) is 28.0. The first-order chi connectivity index (χ1) is 37.1. The van der Waals surface area contributed by atoms with E-state index in [-0.39, 0.29) is 28.5 Å². The molecule has 4 aliphatic rings. The predicted molar refractivity (Wildman–Crippen MR) is 326 cm³/mol. The van der Waals surface area contributed by atoms with Crippen molar-refractivity contribution < 1.29 is 8.83 Å². The fraction of sp³-hybridized carbons (Fsp3) is 0.222. The van der Waals surface area contributed by atoms with Gasteiger partial charge in [0.15, 0.2) is 0 Å². The van der Waals surface area contributed by atoms with Crippen LogP contribution in [-0.4, -0.2) is 6.85 Å². The standard InChI is InChI=1S/C72H61BN2O2/c1-69(2)30-32-71(5,6)58-39-63-52(36-56(58)69)50-29-27-47(35-62(50)76-63)74-61-41-65-54(53-37-57-59(40-64(53)77-65)72(7,8)33-31-70(57,3)4)38-60(61)73-66-55(34-45-19-13-15-21-49(45)68(66)74)51-28-24-44-18-12-14-20-48(44)67(51)75(73)46-25-22-43(23-26-46)42-16-10-9-11-17-42/h9-29,34-41H,30-33H2,1-8H3.